The van der Waals surface area contributed by atoms with Crippen LogP contribution in [0.15, 0.2) is 12.2 Å². The average Bonchev–Trinajstić information content (AvgIpc) is 2.45. The van der Waals surface area contributed by atoms with E-state index in [2.05, 4.69) is 27.4 Å². The van der Waals surface area contributed by atoms with Crippen LogP contribution in [0.4, 0.5) is 0 Å². The van der Waals surface area contributed by atoms with Crippen LogP contribution < -0.4 is 12.4 Å². The van der Waals surface area contributed by atoms with Crippen LogP contribution in [0.25, 0.3) is 0 Å². The van der Waals surface area contributed by atoms with Crippen LogP contribution >= 0.6 is 0 Å². The number of carbonyl (C=O) groups is 1. The zero-order chi connectivity index (χ0) is 15.4. The van der Waals surface area contributed by atoms with E-state index in [4.69, 9.17) is 4.74 Å². The lowest BCUT2D eigenvalue weighted by molar-refractivity contribution is -0.944. The van der Waals surface area contributed by atoms with E-state index in [1.54, 1.807) is 6.92 Å². The third kappa shape index (κ3) is 9.92. The average molecular weight is 320 g/mol. The molecule has 0 saturated heterocycles. The molecule has 0 fully saturated rings. The number of nitrogens with zero attached hydrogens (tertiary/aromatic N) is 1. The molecule has 0 aromatic heterocycles. The predicted molar refractivity (Wildman–Crippen MR) is 85.4 cm³/mol. The summed E-state index contributed by atoms with van der Waals surface area (Å²) < 4.78 is 6.42. The van der Waals surface area contributed by atoms with E-state index in [9.17, 15) is 4.79 Å². The van der Waals surface area contributed by atoms with Crippen molar-refractivity contribution in [2.45, 2.75) is 66.2 Å². The van der Waals surface area contributed by atoms with Crippen molar-refractivity contribution < 1.29 is 26.4 Å². The Balaban J connectivity index is 0. The van der Waals surface area contributed by atoms with Crippen molar-refractivity contribution in [3.05, 3.63) is 12.2 Å². The normalized spacial score (nSPS) is 10.9. The highest BCUT2D eigenvalue weighted by molar-refractivity contribution is 5.86. The maximum absolute atomic E-state index is 11.7. The van der Waals surface area contributed by atoms with E-state index in [0.717, 1.165) is 24.1 Å². The van der Waals surface area contributed by atoms with Crippen LogP contribution in [-0.2, 0) is 9.53 Å². The summed E-state index contributed by atoms with van der Waals surface area (Å²) in [6.07, 6.45) is 7.14. The van der Waals surface area contributed by atoms with Crippen LogP contribution in [0.2, 0.25) is 0 Å². The van der Waals surface area contributed by atoms with Crippen LogP contribution in [0.3, 0.4) is 0 Å². The molecule has 0 heterocycles. The van der Waals surface area contributed by atoms with E-state index in [1.807, 2.05) is 0 Å². The van der Waals surface area contributed by atoms with Gasteiger partial charge in [0.15, 0.2) is 0 Å². The molecule has 0 radical (unpaired) electrons. The van der Waals surface area contributed by atoms with Crippen molar-refractivity contribution in [1.29, 1.82) is 0 Å². The highest BCUT2D eigenvalue weighted by atomic mass is 35.5. The number of hydrogen-bond acceptors (Lipinski definition) is 2. The second-order valence-corrected chi connectivity index (χ2v) is 5.91. The Labute approximate surface area is 137 Å². The molecule has 0 rings (SSSR count). The molecule has 0 aliphatic carbocycles. The maximum atomic E-state index is 11.7. The van der Waals surface area contributed by atoms with Gasteiger partial charge in [-0.1, -0.05) is 46.6 Å². The van der Waals surface area contributed by atoms with Gasteiger partial charge in [-0.15, -0.1) is 0 Å². The molecule has 0 bridgehead atoms. The van der Waals surface area contributed by atoms with Gasteiger partial charge in [0.25, 0.3) is 0 Å². The number of ether oxygens (including phenoxy) is 1. The van der Waals surface area contributed by atoms with E-state index in [0.29, 0.717) is 12.3 Å². The standard InChI is InChI=1S/C17H34NO2.ClH/c1-6-9-12-18(13-10-7-2,14-11-8-3)15-20-17(19)16(4)5;/h4,6-15H2,1-3,5H3;1H/q+1;/p-1. The predicted octanol–water partition coefficient (Wildman–Crippen LogP) is 1.28. The van der Waals surface area contributed by atoms with Crippen molar-refractivity contribution in [3.63, 3.8) is 0 Å². The van der Waals surface area contributed by atoms with Crippen LogP contribution in [-0.4, -0.2) is 36.8 Å². The number of esters is 1. The maximum Gasteiger partial charge on any atom is 0.337 e. The van der Waals surface area contributed by atoms with Gasteiger partial charge in [-0.25, -0.2) is 4.79 Å². The molecule has 0 aromatic rings. The minimum absolute atomic E-state index is 0. The fourth-order valence-electron chi connectivity index (χ4n) is 2.33. The van der Waals surface area contributed by atoms with Gasteiger partial charge in [-0.05, 0) is 26.2 Å². The first-order valence-corrected chi connectivity index (χ1v) is 8.19. The largest absolute Gasteiger partial charge is 1.00 e. The monoisotopic (exact) mass is 319 g/mol. The molecule has 0 saturated carbocycles. The summed E-state index contributed by atoms with van der Waals surface area (Å²) in [5.41, 5.74) is 0.490. The molecular weight excluding hydrogens is 286 g/mol. The highest BCUT2D eigenvalue weighted by Gasteiger charge is 2.27. The van der Waals surface area contributed by atoms with Gasteiger partial charge in [0.2, 0.25) is 6.73 Å². The van der Waals surface area contributed by atoms with E-state index >= 15 is 0 Å². The molecule has 0 atom stereocenters. The van der Waals surface area contributed by atoms with Crippen LogP contribution in [0.1, 0.15) is 66.2 Å². The molecule has 0 aliphatic rings. The van der Waals surface area contributed by atoms with Gasteiger partial charge in [-0.2, -0.15) is 0 Å². The summed E-state index contributed by atoms with van der Waals surface area (Å²) in [5, 5.41) is 0. The quantitative estimate of drug-likeness (QED) is 0.234. The Morgan fingerprint density at radius 2 is 1.33 bits per heavy atom. The first kappa shape index (κ1) is 22.7. The molecule has 21 heavy (non-hydrogen) atoms. The Kier molecular flexibility index (Phi) is 14.2. The number of carbonyl (C=O) groups excluding carboxylic acids is 1. The van der Waals surface area contributed by atoms with Gasteiger partial charge < -0.3 is 17.1 Å². The van der Waals surface area contributed by atoms with Crippen molar-refractivity contribution in [3.8, 4) is 0 Å². The fraction of sp³-hybridized carbons (Fsp3) is 0.824. The summed E-state index contributed by atoms with van der Waals surface area (Å²) in [5.74, 6) is -0.253. The number of hydrogen-bond donors (Lipinski definition) is 0. The molecule has 0 spiro atoms. The van der Waals surface area contributed by atoms with Crippen molar-refractivity contribution in [2.75, 3.05) is 26.4 Å². The summed E-state index contributed by atoms with van der Waals surface area (Å²) in [6, 6.07) is 0. The molecule has 0 unspecified atom stereocenters. The second kappa shape index (κ2) is 13.1. The van der Waals surface area contributed by atoms with Gasteiger partial charge in [0, 0.05) is 5.57 Å². The topological polar surface area (TPSA) is 26.3 Å². The summed E-state index contributed by atoms with van der Waals surface area (Å²) >= 11 is 0. The highest BCUT2D eigenvalue weighted by Crippen LogP contribution is 2.15. The third-order valence-corrected chi connectivity index (χ3v) is 3.78. The molecule has 0 aromatic carbocycles. The SMILES string of the molecule is C=C(C)C(=O)OC[N+](CCCC)(CCCC)CCCC.[Cl-]. The van der Waals surface area contributed by atoms with Gasteiger partial charge in [-0.3, -0.25) is 4.48 Å². The minimum atomic E-state index is -0.253. The Hall–Kier alpha value is -0.540. The Bertz CT molecular complexity index is 271. The Morgan fingerprint density at radius 3 is 1.62 bits per heavy atom. The molecule has 0 amide bonds. The number of halogens is 1. The van der Waals surface area contributed by atoms with E-state index in [-0.39, 0.29) is 18.4 Å². The number of unbranched alkanes of at least 4 members (excludes halogenated alkanes) is 3. The van der Waals surface area contributed by atoms with Crippen molar-refractivity contribution >= 4 is 5.97 Å². The minimum Gasteiger partial charge on any atom is -1.00 e. The lowest BCUT2D eigenvalue weighted by Crippen LogP contribution is -3.00. The molecule has 0 aliphatic heterocycles. The van der Waals surface area contributed by atoms with E-state index in [1.165, 1.54) is 38.5 Å². The van der Waals surface area contributed by atoms with Crippen molar-refractivity contribution in [1.82, 2.24) is 0 Å². The first-order chi connectivity index (χ1) is 9.51. The van der Waals surface area contributed by atoms with Crippen LogP contribution in [0, 0.1) is 0 Å². The van der Waals surface area contributed by atoms with Crippen molar-refractivity contribution in [2.24, 2.45) is 0 Å². The number of rotatable bonds is 12. The zero-order valence-corrected chi connectivity index (χ0v) is 15.2. The first-order valence-electron chi connectivity index (χ1n) is 8.19. The molecule has 4 heteroatoms. The second-order valence-electron chi connectivity index (χ2n) is 5.91. The molecule has 0 N–H and O–H groups in total. The van der Waals surface area contributed by atoms with Crippen LogP contribution in [0.5, 0.6) is 0 Å². The Morgan fingerprint density at radius 1 is 0.952 bits per heavy atom. The van der Waals surface area contributed by atoms with Gasteiger partial charge in [0.05, 0.1) is 19.6 Å². The van der Waals surface area contributed by atoms with E-state index < -0.39 is 0 Å². The third-order valence-electron chi connectivity index (χ3n) is 3.78. The lowest BCUT2D eigenvalue weighted by Gasteiger charge is -2.38. The summed E-state index contributed by atoms with van der Waals surface area (Å²) in [7, 11) is 0. The summed E-state index contributed by atoms with van der Waals surface area (Å²) in [6.45, 7) is 15.9. The lowest BCUT2D eigenvalue weighted by atomic mass is 10.2. The smallest absolute Gasteiger partial charge is 0.337 e. The van der Waals surface area contributed by atoms with Gasteiger partial charge >= 0.3 is 5.97 Å². The molecule has 126 valence electrons. The zero-order valence-electron chi connectivity index (χ0n) is 14.4. The molecular formula is C17H34ClNO2. The number of quaternary nitrogens is 1. The summed E-state index contributed by atoms with van der Waals surface area (Å²) in [4.78, 5) is 11.7. The molecule has 3 nitrogen and oxygen atoms in total. The van der Waals surface area contributed by atoms with Gasteiger partial charge in [0.1, 0.15) is 0 Å². The fourth-order valence-corrected chi connectivity index (χ4v) is 2.33.